The maximum Gasteiger partial charge on any atom is 0.404 e. The van der Waals surface area contributed by atoms with E-state index < -0.39 is 12.2 Å². The number of unbranched alkanes of at least 4 members (excludes halogenated alkanes) is 1. The molecule has 1 atom stereocenters. The number of nitrogens with two attached hydrogens (primary N) is 1. The van der Waals surface area contributed by atoms with Gasteiger partial charge in [0.25, 0.3) is 0 Å². The molecule has 0 spiro atoms. The molecule has 1 unspecified atom stereocenters. The van der Waals surface area contributed by atoms with Gasteiger partial charge >= 0.3 is 6.09 Å². The summed E-state index contributed by atoms with van der Waals surface area (Å²) in [7, 11) is 0. The zero-order chi connectivity index (χ0) is 21.6. The van der Waals surface area contributed by atoms with E-state index in [0.717, 1.165) is 29.7 Å². The van der Waals surface area contributed by atoms with Gasteiger partial charge in [0.1, 0.15) is 18.5 Å². The lowest BCUT2D eigenvalue weighted by Gasteiger charge is -2.38. The number of carbonyl (C=O) groups excluding carboxylic acids is 2. The van der Waals surface area contributed by atoms with Crippen molar-refractivity contribution < 1.29 is 23.8 Å². The molecule has 2 aliphatic rings. The standard InChI is InChI=1S/C22H34N2O5/c1-6-8-9-28-20-16-11-19(27-7-2)18(25)10-15(16)12-24(14-22(3,4)5)17(20)13-29-21(23)26/h11-12,19H,6-10,13-14H2,1-5H3,(H2,23,26). The molecule has 0 aromatic heterocycles. The van der Waals surface area contributed by atoms with Gasteiger partial charge in [-0.1, -0.05) is 34.1 Å². The van der Waals surface area contributed by atoms with Gasteiger partial charge < -0.3 is 24.8 Å². The molecule has 0 aromatic rings. The van der Waals surface area contributed by atoms with Gasteiger partial charge in [0, 0.05) is 31.3 Å². The van der Waals surface area contributed by atoms with Gasteiger partial charge in [0.2, 0.25) is 0 Å². The number of hydrogen-bond donors (Lipinski definition) is 1. The molecule has 1 heterocycles. The van der Waals surface area contributed by atoms with E-state index in [-0.39, 0.29) is 24.2 Å². The Morgan fingerprint density at radius 2 is 2.03 bits per heavy atom. The predicted octanol–water partition coefficient (Wildman–Crippen LogP) is 3.66. The van der Waals surface area contributed by atoms with Crippen LogP contribution in [0.4, 0.5) is 4.79 Å². The average molecular weight is 407 g/mol. The molecule has 162 valence electrons. The molecule has 0 aromatic carbocycles. The normalized spacial score (nSPS) is 19.6. The molecule has 1 aliphatic heterocycles. The van der Waals surface area contributed by atoms with Crippen LogP contribution in [0.25, 0.3) is 0 Å². The molecular formula is C22H34N2O5. The molecule has 2 rings (SSSR count). The van der Waals surface area contributed by atoms with Crippen LogP contribution < -0.4 is 5.73 Å². The van der Waals surface area contributed by atoms with Crippen molar-refractivity contribution in [3.8, 4) is 0 Å². The Hall–Kier alpha value is -2.28. The highest BCUT2D eigenvalue weighted by Gasteiger charge is 2.35. The van der Waals surface area contributed by atoms with Gasteiger partial charge in [-0.05, 0) is 30.4 Å². The lowest BCUT2D eigenvalue weighted by Crippen LogP contribution is -2.37. The summed E-state index contributed by atoms with van der Waals surface area (Å²) >= 11 is 0. The van der Waals surface area contributed by atoms with E-state index in [1.54, 1.807) is 0 Å². The van der Waals surface area contributed by atoms with Crippen LogP contribution in [0, 0.1) is 5.41 Å². The highest BCUT2D eigenvalue weighted by molar-refractivity contribution is 5.91. The van der Waals surface area contributed by atoms with Crippen molar-refractivity contribution in [3.63, 3.8) is 0 Å². The molecule has 0 saturated heterocycles. The molecular weight excluding hydrogens is 372 g/mol. The molecule has 0 fully saturated rings. The van der Waals surface area contributed by atoms with E-state index in [1.165, 1.54) is 0 Å². The quantitative estimate of drug-likeness (QED) is 0.588. The second kappa shape index (κ2) is 9.96. The Morgan fingerprint density at radius 1 is 1.31 bits per heavy atom. The number of hydrogen-bond acceptors (Lipinski definition) is 6. The van der Waals surface area contributed by atoms with Crippen LogP contribution in [0.3, 0.4) is 0 Å². The van der Waals surface area contributed by atoms with E-state index in [1.807, 2.05) is 24.1 Å². The first-order chi connectivity index (χ1) is 13.7. The maximum atomic E-state index is 12.5. The summed E-state index contributed by atoms with van der Waals surface area (Å²) in [5.41, 5.74) is 7.66. The molecule has 0 radical (unpaired) electrons. The summed E-state index contributed by atoms with van der Waals surface area (Å²) in [5, 5.41) is 0. The molecule has 0 saturated carbocycles. The molecule has 29 heavy (non-hydrogen) atoms. The van der Waals surface area contributed by atoms with Crippen molar-refractivity contribution >= 4 is 11.9 Å². The Labute approximate surface area is 173 Å². The highest BCUT2D eigenvalue weighted by atomic mass is 16.5. The minimum absolute atomic E-state index is 0.00123. The lowest BCUT2D eigenvalue weighted by atomic mass is 9.86. The minimum Gasteiger partial charge on any atom is -0.491 e. The summed E-state index contributed by atoms with van der Waals surface area (Å²) in [4.78, 5) is 25.8. The number of fused-ring (bicyclic) bond motifs is 1. The number of ether oxygens (including phenoxy) is 3. The fraction of sp³-hybridized carbons (Fsp3) is 0.636. The van der Waals surface area contributed by atoms with Gasteiger partial charge in [-0.2, -0.15) is 0 Å². The van der Waals surface area contributed by atoms with E-state index in [9.17, 15) is 9.59 Å². The van der Waals surface area contributed by atoms with Crippen molar-refractivity contribution in [2.75, 3.05) is 26.4 Å². The number of allylic oxidation sites excluding steroid dienone is 1. The van der Waals surface area contributed by atoms with Crippen molar-refractivity contribution in [1.29, 1.82) is 0 Å². The molecule has 1 aliphatic carbocycles. The molecule has 0 bridgehead atoms. The third kappa shape index (κ3) is 6.35. The van der Waals surface area contributed by atoms with Crippen LogP contribution in [-0.2, 0) is 19.0 Å². The van der Waals surface area contributed by atoms with Gasteiger partial charge in [0.15, 0.2) is 5.78 Å². The van der Waals surface area contributed by atoms with E-state index in [2.05, 4.69) is 27.7 Å². The van der Waals surface area contributed by atoms with Gasteiger partial charge in [-0.15, -0.1) is 0 Å². The number of nitrogens with zero attached hydrogens (tertiary/aromatic N) is 1. The Bertz CT molecular complexity index is 715. The maximum absolute atomic E-state index is 12.5. The van der Waals surface area contributed by atoms with E-state index in [4.69, 9.17) is 19.9 Å². The lowest BCUT2D eigenvalue weighted by molar-refractivity contribution is -0.127. The number of rotatable bonds is 9. The zero-order valence-corrected chi connectivity index (χ0v) is 18.2. The van der Waals surface area contributed by atoms with Gasteiger partial charge in [-0.25, -0.2) is 4.79 Å². The molecule has 1 amide bonds. The third-order valence-electron chi connectivity index (χ3n) is 4.60. The van der Waals surface area contributed by atoms with Crippen LogP contribution in [0.2, 0.25) is 0 Å². The second-order valence-corrected chi connectivity index (χ2v) is 8.53. The summed E-state index contributed by atoms with van der Waals surface area (Å²) in [6.07, 6.45) is 4.52. The van der Waals surface area contributed by atoms with Crippen LogP contribution in [0.1, 0.15) is 53.9 Å². The Kier molecular flexibility index (Phi) is 7.90. The fourth-order valence-corrected chi connectivity index (χ4v) is 3.36. The summed E-state index contributed by atoms with van der Waals surface area (Å²) in [6.45, 7) is 12.0. The predicted molar refractivity (Wildman–Crippen MR) is 111 cm³/mol. The summed E-state index contributed by atoms with van der Waals surface area (Å²) in [6, 6.07) is 0. The molecule has 2 N–H and O–H groups in total. The number of Topliss-reactive ketones (excluding diaryl/α,β-unsaturated/α-hetero) is 1. The Balaban J connectivity index is 2.51. The smallest absolute Gasteiger partial charge is 0.404 e. The summed E-state index contributed by atoms with van der Waals surface area (Å²) in [5.74, 6) is 0.668. The monoisotopic (exact) mass is 406 g/mol. The topological polar surface area (TPSA) is 91.1 Å². The van der Waals surface area contributed by atoms with Gasteiger partial charge in [-0.3, -0.25) is 4.79 Å². The number of primary amides is 1. The van der Waals surface area contributed by atoms with Crippen LogP contribution in [0.5, 0.6) is 0 Å². The first-order valence-corrected chi connectivity index (χ1v) is 10.3. The fourth-order valence-electron chi connectivity index (χ4n) is 3.36. The molecule has 7 nitrogen and oxygen atoms in total. The molecule has 7 heteroatoms. The first-order valence-electron chi connectivity index (χ1n) is 10.3. The number of carbonyl (C=O) groups is 2. The van der Waals surface area contributed by atoms with Crippen LogP contribution in [0.15, 0.2) is 34.9 Å². The SMILES string of the molecule is CCCCOC1=C(COC(N)=O)N(CC(C)(C)C)C=C2CC(=O)C(OCC)C=C21. The Morgan fingerprint density at radius 3 is 2.62 bits per heavy atom. The van der Waals surface area contributed by atoms with Crippen molar-refractivity contribution in [2.45, 2.75) is 60.0 Å². The highest BCUT2D eigenvalue weighted by Crippen LogP contribution is 2.38. The summed E-state index contributed by atoms with van der Waals surface area (Å²) < 4.78 is 16.9. The third-order valence-corrected chi connectivity index (χ3v) is 4.60. The minimum atomic E-state index is -0.837. The van der Waals surface area contributed by atoms with Crippen molar-refractivity contribution in [2.24, 2.45) is 11.1 Å². The second-order valence-electron chi connectivity index (χ2n) is 8.53. The van der Waals surface area contributed by atoms with Crippen LogP contribution >= 0.6 is 0 Å². The van der Waals surface area contributed by atoms with E-state index >= 15 is 0 Å². The largest absolute Gasteiger partial charge is 0.491 e. The van der Waals surface area contributed by atoms with Crippen LogP contribution in [-0.4, -0.2) is 49.2 Å². The number of ketones is 1. The van der Waals surface area contributed by atoms with Crippen molar-refractivity contribution in [1.82, 2.24) is 4.90 Å². The van der Waals surface area contributed by atoms with E-state index in [0.29, 0.717) is 25.5 Å². The first kappa shape index (κ1) is 23.0. The van der Waals surface area contributed by atoms with Gasteiger partial charge in [0.05, 0.1) is 12.3 Å². The average Bonchev–Trinajstić information content (AvgIpc) is 2.61. The van der Waals surface area contributed by atoms with Crippen molar-refractivity contribution in [3.05, 3.63) is 34.9 Å². The zero-order valence-electron chi connectivity index (χ0n) is 18.2. The number of amides is 1.